The van der Waals surface area contributed by atoms with Gasteiger partial charge in [0.25, 0.3) is 0 Å². The lowest BCUT2D eigenvalue weighted by Crippen LogP contribution is -2.14. The fourth-order valence-electron chi connectivity index (χ4n) is 3.32. The van der Waals surface area contributed by atoms with Crippen LogP contribution in [-0.2, 0) is 19.1 Å². The van der Waals surface area contributed by atoms with E-state index in [-0.39, 0.29) is 5.75 Å². The summed E-state index contributed by atoms with van der Waals surface area (Å²) < 4.78 is 19.4. The van der Waals surface area contributed by atoms with Crippen LogP contribution in [0.4, 0.5) is 4.79 Å². The van der Waals surface area contributed by atoms with Crippen LogP contribution in [0.25, 0.3) is 22.3 Å². The van der Waals surface area contributed by atoms with Crippen molar-refractivity contribution in [3.05, 3.63) is 97.1 Å². The number of esters is 2. The quantitative estimate of drug-likeness (QED) is 0.132. The Kier molecular flexibility index (Phi) is 8.19. The van der Waals surface area contributed by atoms with Crippen molar-refractivity contribution in [2.24, 2.45) is 0 Å². The van der Waals surface area contributed by atoms with E-state index in [2.05, 4.69) is 34.8 Å². The Morgan fingerprint density at radius 3 is 1.60 bits per heavy atom. The van der Waals surface area contributed by atoms with E-state index in [1.165, 1.54) is 0 Å². The topological polar surface area (TPSA) is 88.1 Å². The van der Waals surface area contributed by atoms with Crippen LogP contribution in [0.1, 0.15) is 11.1 Å². The first kappa shape index (κ1) is 25.0. The van der Waals surface area contributed by atoms with Crippen molar-refractivity contribution >= 4 is 18.1 Å². The van der Waals surface area contributed by atoms with Gasteiger partial charge in [-0.1, -0.05) is 49.6 Å². The molecule has 0 aliphatic heterocycles. The maximum absolute atomic E-state index is 11.7. The fourth-order valence-corrected chi connectivity index (χ4v) is 3.32. The van der Waals surface area contributed by atoms with Crippen molar-refractivity contribution in [2.75, 3.05) is 6.79 Å². The minimum Gasteiger partial charge on any atom is -0.425 e. The molecular weight excluding hydrogens is 448 g/mol. The van der Waals surface area contributed by atoms with E-state index < -0.39 is 24.9 Å². The molecule has 0 aromatic heterocycles. The number of hydrogen-bond donors (Lipinski definition) is 0. The molecule has 0 aliphatic carbocycles. The minimum absolute atomic E-state index is 0.289. The molecule has 0 N–H and O–H groups in total. The lowest BCUT2D eigenvalue weighted by Gasteiger charge is -2.14. The highest BCUT2D eigenvalue weighted by Crippen LogP contribution is 2.33. The second kappa shape index (κ2) is 11.5. The van der Waals surface area contributed by atoms with Gasteiger partial charge in [0.1, 0.15) is 11.5 Å². The maximum atomic E-state index is 11.7. The Balaban J connectivity index is 1.70. The Morgan fingerprint density at radius 2 is 1.14 bits per heavy atom. The van der Waals surface area contributed by atoms with Gasteiger partial charge in [-0.25, -0.2) is 14.4 Å². The molecule has 0 radical (unpaired) electrons. The predicted octanol–water partition coefficient (Wildman–Crippen LogP) is 5.93. The number of aryl methyl sites for hydroxylation is 2. The molecular formula is C28H24O7. The molecule has 0 spiro atoms. The zero-order valence-electron chi connectivity index (χ0n) is 19.4. The molecule has 0 atom stereocenters. The molecule has 0 heterocycles. The fraction of sp³-hybridized carbons (Fsp3) is 0.107. The standard InChI is InChI=1S/C28H24O7/c1-5-26(29)32-17-33-28(31)35-23-13-9-21(10-14-23)25-16-18(3)24(15-19(25)4)20-7-11-22(12-8-20)34-27(30)6-2/h5-16H,1-2,17H2,3-4H3. The van der Waals surface area contributed by atoms with E-state index in [1.807, 2.05) is 38.1 Å². The predicted molar refractivity (Wildman–Crippen MR) is 131 cm³/mol. The average Bonchev–Trinajstić information content (AvgIpc) is 2.86. The van der Waals surface area contributed by atoms with Gasteiger partial charge in [0, 0.05) is 12.2 Å². The third kappa shape index (κ3) is 6.68. The number of carbonyl (C=O) groups excluding carboxylic acids is 3. The van der Waals surface area contributed by atoms with E-state index in [9.17, 15) is 14.4 Å². The summed E-state index contributed by atoms with van der Waals surface area (Å²) in [6.07, 6.45) is 1.09. The largest absolute Gasteiger partial charge is 0.516 e. The van der Waals surface area contributed by atoms with Crippen LogP contribution in [0.5, 0.6) is 11.5 Å². The van der Waals surface area contributed by atoms with Crippen LogP contribution in [0.3, 0.4) is 0 Å². The van der Waals surface area contributed by atoms with Crippen molar-refractivity contribution in [3.8, 4) is 33.8 Å². The molecule has 0 saturated carbocycles. The van der Waals surface area contributed by atoms with Gasteiger partial charge in [-0.05, 0) is 71.5 Å². The van der Waals surface area contributed by atoms with E-state index in [0.717, 1.165) is 45.5 Å². The van der Waals surface area contributed by atoms with Gasteiger partial charge in [0.15, 0.2) is 0 Å². The Labute approximate surface area is 203 Å². The van der Waals surface area contributed by atoms with Gasteiger partial charge < -0.3 is 18.9 Å². The van der Waals surface area contributed by atoms with Crippen molar-refractivity contribution < 1.29 is 33.3 Å². The number of rotatable bonds is 8. The summed E-state index contributed by atoms with van der Waals surface area (Å²) in [5.41, 5.74) is 6.17. The first-order valence-electron chi connectivity index (χ1n) is 10.6. The highest BCUT2D eigenvalue weighted by molar-refractivity contribution is 5.83. The summed E-state index contributed by atoms with van der Waals surface area (Å²) in [5.74, 6) is -0.466. The molecule has 0 unspecified atom stereocenters. The summed E-state index contributed by atoms with van der Waals surface area (Å²) >= 11 is 0. The molecule has 7 heteroatoms. The zero-order valence-corrected chi connectivity index (χ0v) is 19.4. The van der Waals surface area contributed by atoms with Crippen LogP contribution < -0.4 is 9.47 Å². The summed E-state index contributed by atoms with van der Waals surface area (Å²) in [4.78, 5) is 34.0. The molecule has 0 fully saturated rings. The molecule has 3 aromatic rings. The lowest BCUT2D eigenvalue weighted by atomic mass is 9.92. The Hall–Kier alpha value is -4.65. The van der Waals surface area contributed by atoms with Crippen molar-refractivity contribution in [3.63, 3.8) is 0 Å². The molecule has 7 nitrogen and oxygen atoms in total. The molecule has 0 saturated heterocycles. The summed E-state index contributed by atoms with van der Waals surface area (Å²) in [5, 5.41) is 0. The van der Waals surface area contributed by atoms with Crippen LogP contribution in [0.2, 0.25) is 0 Å². The van der Waals surface area contributed by atoms with Crippen LogP contribution >= 0.6 is 0 Å². The normalized spacial score (nSPS) is 10.1. The first-order valence-corrected chi connectivity index (χ1v) is 10.6. The zero-order chi connectivity index (χ0) is 25.4. The number of hydrogen-bond acceptors (Lipinski definition) is 7. The van der Waals surface area contributed by atoms with Crippen molar-refractivity contribution in [1.82, 2.24) is 0 Å². The molecule has 0 amide bonds. The number of ether oxygens (including phenoxy) is 4. The van der Waals surface area contributed by atoms with Crippen LogP contribution in [0, 0.1) is 13.8 Å². The van der Waals surface area contributed by atoms with E-state index in [4.69, 9.17) is 9.47 Å². The summed E-state index contributed by atoms with van der Waals surface area (Å²) in [6, 6.07) is 18.5. The van der Waals surface area contributed by atoms with E-state index in [0.29, 0.717) is 5.75 Å². The summed E-state index contributed by atoms with van der Waals surface area (Å²) in [6.45, 7) is 10.1. The van der Waals surface area contributed by atoms with E-state index >= 15 is 0 Å². The van der Waals surface area contributed by atoms with Crippen molar-refractivity contribution in [1.29, 1.82) is 0 Å². The molecule has 3 aromatic carbocycles. The number of benzene rings is 3. The second-order valence-electron chi connectivity index (χ2n) is 7.44. The minimum atomic E-state index is -0.990. The van der Waals surface area contributed by atoms with Crippen molar-refractivity contribution in [2.45, 2.75) is 13.8 Å². The van der Waals surface area contributed by atoms with Gasteiger partial charge in [0.05, 0.1) is 0 Å². The lowest BCUT2D eigenvalue weighted by molar-refractivity contribution is -0.146. The molecule has 178 valence electrons. The molecule has 35 heavy (non-hydrogen) atoms. The molecule has 3 rings (SSSR count). The van der Waals surface area contributed by atoms with Gasteiger partial charge in [-0.2, -0.15) is 0 Å². The smallest absolute Gasteiger partial charge is 0.425 e. The first-order chi connectivity index (χ1) is 16.8. The summed E-state index contributed by atoms with van der Waals surface area (Å²) in [7, 11) is 0. The third-order valence-corrected chi connectivity index (χ3v) is 5.03. The Morgan fingerprint density at radius 1 is 0.686 bits per heavy atom. The van der Waals surface area contributed by atoms with Gasteiger partial charge >= 0.3 is 18.1 Å². The SMILES string of the molecule is C=CC(=O)OCOC(=O)Oc1ccc(-c2cc(C)c(-c3ccc(OC(=O)C=C)cc3)cc2C)cc1. The van der Waals surface area contributed by atoms with Crippen LogP contribution in [0.15, 0.2) is 86.0 Å². The maximum Gasteiger partial charge on any atom is 0.516 e. The molecule has 0 bridgehead atoms. The second-order valence-corrected chi connectivity index (χ2v) is 7.44. The monoisotopic (exact) mass is 472 g/mol. The van der Waals surface area contributed by atoms with Gasteiger partial charge in [0.2, 0.25) is 6.79 Å². The van der Waals surface area contributed by atoms with Crippen LogP contribution in [-0.4, -0.2) is 24.9 Å². The van der Waals surface area contributed by atoms with Gasteiger partial charge in [-0.15, -0.1) is 0 Å². The molecule has 0 aliphatic rings. The highest BCUT2D eigenvalue weighted by Gasteiger charge is 2.11. The average molecular weight is 472 g/mol. The highest BCUT2D eigenvalue weighted by atomic mass is 16.8. The third-order valence-electron chi connectivity index (χ3n) is 5.03. The van der Waals surface area contributed by atoms with E-state index in [1.54, 1.807) is 24.3 Å². The Bertz CT molecular complexity index is 1260. The van der Waals surface area contributed by atoms with Gasteiger partial charge in [-0.3, -0.25) is 0 Å². The number of carbonyl (C=O) groups is 3.